The second-order valence-corrected chi connectivity index (χ2v) is 8.54. The van der Waals surface area contributed by atoms with Gasteiger partial charge in [-0.2, -0.15) is 9.61 Å². The average Bonchev–Trinajstić information content (AvgIpc) is 3.24. The smallest absolute Gasteiger partial charge is 0.254 e. The van der Waals surface area contributed by atoms with Crippen molar-refractivity contribution < 1.29 is 13.9 Å². The topological polar surface area (TPSA) is 71.8 Å². The fraction of sp³-hybridized carbons (Fsp3) is 0.208. The number of morpholine rings is 1. The molecule has 33 heavy (non-hydrogen) atoms. The largest absolute Gasteiger partial charge is 0.378 e. The minimum absolute atomic E-state index is 0.0181. The van der Waals surface area contributed by atoms with Crippen molar-refractivity contribution in [3.63, 3.8) is 0 Å². The van der Waals surface area contributed by atoms with Gasteiger partial charge in [-0.05, 0) is 45.8 Å². The molecule has 3 heterocycles. The zero-order valence-electron chi connectivity index (χ0n) is 17.7. The third-order valence-electron chi connectivity index (χ3n) is 5.55. The van der Waals surface area contributed by atoms with E-state index in [0.29, 0.717) is 61.1 Å². The van der Waals surface area contributed by atoms with Crippen LogP contribution in [0.1, 0.15) is 15.9 Å². The molecule has 168 valence electrons. The van der Waals surface area contributed by atoms with Crippen LogP contribution in [-0.2, 0) is 11.3 Å². The number of halogens is 2. The van der Waals surface area contributed by atoms with Gasteiger partial charge < -0.3 is 15.0 Å². The van der Waals surface area contributed by atoms with Crippen LogP contribution >= 0.6 is 15.9 Å². The summed E-state index contributed by atoms with van der Waals surface area (Å²) in [5, 5.41) is 7.73. The van der Waals surface area contributed by atoms with Crippen LogP contribution in [0.2, 0.25) is 0 Å². The zero-order chi connectivity index (χ0) is 22.8. The zero-order valence-corrected chi connectivity index (χ0v) is 19.3. The lowest BCUT2D eigenvalue weighted by Gasteiger charge is -2.26. The van der Waals surface area contributed by atoms with Crippen LogP contribution in [0.15, 0.2) is 65.3 Å². The SMILES string of the molecule is O=C(c1ccc(CNc2cc(-c3ccccc3F)nc3c(Br)cnn23)cc1)N1CCOCC1. The van der Waals surface area contributed by atoms with E-state index in [-0.39, 0.29) is 11.7 Å². The van der Waals surface area contributed by atoms with Gasteiger partial charge in [-0.15, -0.1) is 0 Å². The molecular formula is C24H21BrFN5O2. The number of anilines is 1. The lowest BCUT2D eigenvalue weighted by Crippen LogP contribution is -2.40. The van der Waals surface area contributed by atoms with Crippen LogP contribution < -0.4 is 5.32 Å². The standard InChI is InChI=1S/C24H21BrFN5O2/c25-19-15-28-31-22(13-21(29-23(19)31)18-3-1-2-4-20(18)26)27-14-16-5-7-17(8-6-16)24(32)30-9-11-33-12-10-30/h1-8,13,15,27H,9-12,14H2. The summed E-state index contributed by atoms with van der Waals surface area (Å²) in [6.45, 7) is 2.88. The fourth-order valence-electron chi connectivity index (χ4n) is 3.78. The first kappa shape index (κ1) is 21.5. The molecule has 0 bridgehead atoms. The first-order valence-corrected chi connectivity index (χ1v) is 11.4. The van der Waals surface area contributed by atoms with E-state index in [2.05, 4.69) is 31.3 Å². The van der Waals surface area contributed by atoms with Gasteiger partial charge in [0.05, 0.1) is 29.6 Å². The van der Waals surface area contributed by atoms with Gasteiger partial charge in [0.1, 0.15) is 11.6 Å². The highest BCUT2D eigenvalue weighted by Gasteiger charge is 2.18. The van der Waals surface area contributed by atoms with Crippen LogP contribution in [0.5, 0.6) is 0 Å². The molecule has 1 aliphatic heterocycles. The molecule has 1 aliphatic rings. The molecule has 1 N–H and O–H groups in total. The van der Waals surface area contributed by atoms with E-state index in [1.54, 1.807) is 35.0 Å². The van der Waals surface area contributed by atoms with Crippen LogP contribution in [-0.4, -0.2) is 51.7 Å². The molecule has 0 saturated carbocycles. The summed E-state index contributed by atoms with van der Waals surface area (Å²) in [6, 6.07) is 15.9. The minimum atomic E-state index is -0.337. The summed E-state index contributed by atoms with van der Waals surface area (Å²) < 4.78 is 22.1. The number of ether oxygens (including phenoxy) is 1. The first-order valence-electron chi connectivity index (χ1n) is 10.6. The van der Waals surface area contributed by atoms with E-state index in [1.807, 2.05) is 29.2 Å². The Bertz CT molecular complexity index is 1300. The van der Waals surface area contributed by atoms with Crippen molar-refractivity contribution in [3.8, 4) is 11.3 Å². The number of nitrogens with one attached hydrogen (secondary N) is 1. The summed E-state index contributed by atoms with van der Waals surface area (Å²) in [7, 11) is 0. The molecule has 4 aromatic rings. The van der Waals surface area contributed by atoms with Crippen molar-refractivity contribution in [3.05, 3.63) is 82.2 Å². The third kappa shape index (κ3) is 4.46. The highest BCUT2D eigenvalue weighted by molar-refractivity contribution is 9.10. The monoisotopic (exact) mass is 509 g/mol. The highest BCUT2D eigenvalue weighted by atomic mass is 79.9. The number of carbonyl (C=O) groups is 1. The average molecular weight is 510 g/mol. The van der Waals surface area contributed by atoms with Crippen molar-refractivity contribution in [2.24, 2.45) is 0 Å². The van der Waals surface area contributed by atoms with Gasteiger partial charge in [0.2, 0.25) is 0 Å². The van der Waals surface area contributed by atoms with Gasteiger partial charge in [-0.25, -0.2) is 9.37 Å². The molecular weight excluding hydrogens is 489 g/mol. The summed E-state index contributed by atoms with van der Waals surface area (Å²) in [5.74, 6) is 0.360. The number of amides is 1. The molecule has 0 unspecified atom stereocenters. The van der Waals surface area contributed by atoms with E-state index >= 15 is 0 Å². The Hall–Kier alpha value is -3.30. The van der Waals surface area contributed by atoms with Crippen LogP contribution in [0.3, 0.4) is 0 Å². The predicted octanol–water partition coefficient (Wildman–Crippen LogP) is 4.38. The number of aromatic nitrogens is 3. The molecule has 0 aliphatic carbocycles. The maximum Gasteiger partial charge on any atom is 0.254 e. The summed E-state index contributed by atoms with van der Waals surface area (Å²) in [4.78, 5) is 19.0. The second kappa shape index (κ2) is 9.29. The molecule has 5 rings (SSSR count). The molecule has 0 atom stereocenters. The van der Waals surface area contributed by atoms with Crippen LogP contribution in [0.25, 0.3) is 16.9 Å². The number of carbonyl (C=O) groups excluding carboxylic acids is 1. The Morgan fingerprint density at radius 1 is 1.12 bits per heavy atom. The van der Waals surface area contributed by atoms with Gasteiger partial charge in [0, 0.05) is 36.8 Å². The summed E-state index contributed by atoms with van der Waals surface area (Å²) >= 11 is 3.47. The van der Waals surface area contributed by atoms with Crippen LogP contribution in [0.4, 0.5) is 10.2 Å². The molecule has 2 aromatic heterocycles. The molecule has 7 nitrogen and oxygen atoms in total. The molecule has 2 aromatic carbocycles. The number of hydrogen-bond acceptors (Lipinski definition) is 5. The predicted molar refractivity (Wildman–Crippen MR) is 127 cm³/mol. The Balaban J connectivity index is 1.37. The lowest BCUT2D eigenvalue weighted by atomic mass is 10.1. The Morgan fingerprint density at radius 2 is 1.88 bits per heavy atom. The van der Waals surface area contributed by atoms with E-state index in [4.69, 9.17) is 4.74 Å². The van der Waals surface area contributed by atoms with Gasteiger partial charge in [0.25, 0.3) is 5.91 Å². The van der Waals surface area contributed by atoms with Crippen molar-refractivity contribution in [1.29, 1.82) is 0 Å². The molecule has 1 saturated heterocycles. The van der Waals surface area contributed by atoms with Crippen LogP contribution in [0, 0.1) is 5.82 Å². The van der Waals surface area contributed by atoms with E-state index in [9.17, 15) is 9.18 Å². The molecule has 1 amide bonds. The molecule has 1 fully saturated rings. The Kier molecular flexibility index (Phi) is 6.06. The van der Waals surface area contributed by atoms with Crippen molar-refractivity contribution in [2.45, 2.75) is 6.54 Å². The van der Waals surface area contributed by atoms with Crippen molar-refractivity contribution in [1.82, 2.24) is 19.5 Å². The quantitative estimate of drug-likeness (QED) is 0.432. The minimum Gasteiger partial charge on any atom is -0.378 e. The maximum absolute atomic E-state index is 14.4. The van der Waals surface area contributed by atoms with E-state index < -0.39 is 0 Å². The van der Waals surface area contributed by atoms with E-state index in [1.165, 1.54) is 6.07 Å². The molecule has 0 spiro atoms. The van der Waals surface area contributed by atoms with Gasteiger partial charge in [0.15, 0.2) is 5.65 Å². The van der Waals surface area contributed by atoms with Crippen molar-refractivity contribution >= 4 is 33.3 Å². The normalized spacial score (nSPS) is 13.9. The number of hydrogen-bond donors (Lipinski definition) is 1. The first-order chi connectivity index (χ1) is 16.1. The number of fused-ring (bicyclic) bond motifs is 1. The fourth-order valence-corrected chi connectivity index (χ4v) is 4.12. The van der Waals surface area contributed by atoms with E-state index in [0.717, 1.165) is 10.0 Å². The Morgan fingerprint density at radius 3 is 2.64 bits per heavy atom. The number of benzene rings is 2. The highest BCUT2D eigenvalue weighted by Crippen LogP contribution is 2.27. The summed E-state index contributed by atoms with van der Waals surface area (Å²) in [6.07, 6.45) is 1.66. The summed E-state index contributed by atoms with van der Waals surface area (Å²) in [5.41, 5.74) is 3.17. The van der Waals surface area contributed by atoms with Gasteiger partial charge >= 0.3 is 0 Å². The molecule has 0 radical (unpaired) electrons. The van der Waals surface area contributed by atoms with Gasteiger partial charge in [-0.3, -0.25) is 4.79 Å². The van der Waals surface area contributed by atoms with Gasteiger partial charge in [-0.1, -0.05) is 24.3 Å². The maximum atomic E-state index is 14.4. The third-order valence-corrected chi connectivity index (χ3v) is 6.11. The molecule has 9 heteroatoms. The van der Waals surface area contributed by atoms with Crippen molar-refractivity contribution in [2.75, 3.05) is 31.6 Å². The number of rotatable bonds is 5. The lowest BCUT2D eigenvalue weighted by molar-refractivity contribution is 0.0303. The Labute approximate surface area is 198 Å². The number of nitrogens with zero attached hydrogens (tertiary/aromatic N) is 4. The second-order valence-electron chi connectivity index (χ2n) is 7.69.